The topological polar surface area (TPSA) is 86.2 Å². The molecular weight excluding hydrogens is 243 g/mol. The lowest BCUT2D eigenvalue weighted by Gasteiger charge is -1.93. The zero-order valence-electron chi connectivity index (χ0n) is 10.00. The minimum atomic E-state index is -2.08. The highest BCUT2D eigenvalue weighted by atomic mass is 31.2. The molecule has 1 atom stereocenters. The number of rotatable bonds is 4. The highest BCUT2D eigenvalue weighted by Crippen LogP contribution is 2.56. The van der Waals surface area contributed by atoms with E-state index in [-0.39, 0.29) is 0 Å². The van der Waals surface area contributed by atoms with Crippen LogP contribution in [0.2, 0.25) is 0 Å². The Labute approximate surface area is 99.9 Å². The molecule has 6 nitrogen and oxygen atoms in total. The van der Waals surface area contributed by atoms with E-state index in [1.807, 2.05) is 23.7 Å². The van der Waals surface area contributed by atoms with Crippen LogP contribution in [-0.2, 0) is 11.1 Å². The number of fused-ring (bicyclic) bond motifs is 1. The monoisotopic (exact) mass is 260 g/mol. The number of hydrogen-bond donors (Lipinski definition) is 1. The maximum atomic E-state index is 12.0. The number of nitrogens with zero attached hydrogens (tertiary/aromatic N) is 2. The van der Waals surface area contributed by atoms with Gasteiger partial charge in [0.2, 0.25) is 6.16 Å². The van der Waals surface area contributed by atoms with Gasteiger partial charge in [-0.1, -0.05) is 20.3 Å². The van der Waals surface area contributed by atoms with Gasteiger partial charge in [0.15, 0.2) is 0 Å². The Kier molecular flexibility index (Phi) is 4.34. The SMILES string of the molecule is CCCC[n+]1ccn2c1P2(=O)CC.O=C([O-])O. The van der Waals surface area contributed by atoms with Gasteiger partial charge in [0, 0.05) is 6.16 Å². The average molecular weight is 260 g/mol. The number of aromatic nitrogens is 2. The summed E-state index contributed by atoms with van der Waals surface area (Å²) in [7, 11) is -2.02. The van der Waals surface area contributed by atoms with Crippen molar-refractivity contribution < 1.29 is 24.1 Å². The molecule has 0 fully saturated rings. The molecular formula is C10H17N2O4P. The van der Waals surface area contributed by atoms with Gasteiger partial charge < -0.3 is 15.0 Å². The van der Waals surface area contributed by atoms with Crippen molar-refractivity contribution in [3.8, 4) is 0 Å². The molecule has 17 heavy (non-hydrogen) atoms. The van der Waals surface area contributed by atoms with E-state index in [0.29, 0.717) is 0 Å². The van der Waals surface area contributed by atoms with Crippen LogP contribution in [0.25, 0.3) is 0 Å². The van der Waals surface area contributed by atoms with Gasteiger partial charge in [-0.3, -0.25) is 4.57 Å². The quantitative estimate of drug-likeness (QED) is 0.621. The summed E-state index contributed by atoms with van der Waals surface area (Å²) < 4.78 is 16.1. The summed E-state index contributed by atoms with van der Waals surface area (Å²) >= 11 is 0. The van der Waals surface area contributed by atoms with Gasteiger partial charge >= 0.3 is 12.9 Å². The number of carbonyl (C=O) groups is 1. The van der Waals surface area contributed by atoms with Crippen LogP contribution < -0.4 is 15.2 Å². The molecule has 1 aliphatic heterocycles. The minimum Gasteiger partial charge on any atom is -0.565 e. The second-order valence-corrected chi connectivity index (χ2v) is 6.64. The summed E-state index contributed by atoms with van der Waals surface area (Å²) in [6.07, 6.45) is 5.04. The Balaban J connectivity index is 0.000000317. The summed E-state index contributed by atoms with van der Waals surface area (Å²) in [5, 5.41) is 15.3. The lowest BCUT2D eigenvalue weighted by molar-refractivity contribution is -0.677. The Morgan fingerprint density at radius 2 is 2.18 bits per heavy atom. The second kappa shape index (κ2) is 5.36. The molecule has 0 saturated carbocycles. The minimum absolute atomic E-state index is 0.773. The third-order valence-electron chi connectivity index (χ3n) is 2.65. The molecule has 1 aromatic heterocycles. The Morgan fingerprint density at radius 3 is 2.59 bits per heavy atom. The molecule has 1 N–H and O–H groups in total. The summed E-state index contributed by atoms with van der Waals surface area (Å²) in [4.78, 5) is 8.44. The number of aryl methyl sites for hydroxylation is 1. The molecule has 0 bridgehead atoms. The molecule has 0 radical (unpaired) electrons. The molecule has 0 amide bonds. The first-order valence-corrected chi connectivity index (χ1v) is 7.43. The van der Waals surface area contributed by atoms with E-state index >= 15 is 0 Å². The third-order valence-corrected chi connectivity index (χ3v) is 5.44. The fourth-order valence-electron chi connectivity index (χ4n) is 1.75. The zero-order valence-corrected chi connectivity index (χ0v) is 10.9. The van der Waals surface area contributed by atoms with Gasteiger partial charge in [-0.05, 0) is 6.42 Å². The van der Waals surface area contributed by atoms with E-state index in [0.717, 1.165) is 18.3 Å². The Morgan fingerprint density at radius 1 is 1.59 bits per heavy atom. The normalized spacial score (nSPS) is 20.1. The van der Waals surface area contributed by atoms with Crippen molar-refractivity contribution in [2.75, 3.05) is 6.16 Å². The molecule has 1 unspecified atom stereocenters. The average Bonchev–Trinajstić information content (AvgIpc) is 2.66. The predicted octanol–water partition coefficient (Wildman–Crippen LogP) is 0.248. The van der Waals surface area contributed by atoms with E-state index < -0.39 is 13.4 Å². The van der Waals surface area contributed by atoms with Gasteiger partial charge in [-0.2, -0.15) is 4.34 Å². The first-order chi connectivity index (χ1) is 7.97. The standard InChI is InChI=1S/C9H16N2OP.CH2O3/c1-3-5-6-10-7-8-11-9(10)13(11,12)4-2;2-1(3)4/h7-8H,3-6H2,1-2H3;(H2,2,3,4)/q+1;/p-1. The molecule has 0 saturated heterocycles. The maximum Gasteiger partial charge on any atom is 0.363 e. The first-order valence-electron chi connectivity index (χ1n) is 5.58. The first kappa shape index (κ1) is 13.8. The van der Waals surface area contributed by atoms with Crippen LogP contribution >= 0.6 is 7.29 Å². The van der Waals surface area contributed by atoms with Crippen molar-refractivity contribution >= 4 is 19.0 Å². The van der Waals surface area contributed by atoms with Crippen LogP contribution in [-0.4, -0.2) is 21.8 Å². The molecule has 1 aliphatic rings. The molecule has 96 valence electrons. The highest BCUT2D eigenvalue weighted by Gasteiger charge is 2.58. The second-order valence-electron chi connectivity index (χ2n) is 3.77. The number of carboxylic acid groups (broad SMARTS) is 2. The molecule has 0 aromatic carbocycles. The van der Waals surface area contributed by atoms with Crippen molar-refractivity contribution in [1.29, 1.82) is 0 Å². The van der Waals surface area contributed by atoms with Crippen LogP contribution in [0.5, 0.6) is 0 Å². The number of unbranched alkanes of at least 4 members (excludes halogenated alkanes) is 1. The molecule has 1 aromatic rings. The lowest BCUT2D eigenvalue weighted by atomic mass is 10.3. The van der Waals surface area contributed by atoms with Crippen molar-refractivity contribution in [1.82, 2.24) is 4.34 Å². The van der Waals surface area contributed by atoms with E-state index in [2.05, 4.69) is 11.5 Å². The predicted molar refractivity (Wildman–Crippen MR) is 60.7 cm³/mol. The van der Waals surface area contributed by atoms with Gasteiger partial charge in [0.25, 0.3) is 0 Å². The highest BCUT2D eigenvalue weighted by molar-refractivity contribution is 7.76. The van der Waals surface area contributed by atoms with Crippen molar-refractivity contribution in [2.24, 2.45) is 0 Å². The zero-order chi connectivity index (χ0) is 13.1. The number of hydrogen-bond acceptors (Lipinski definition) is 3. The molecule has 0 aliphatic carbocycles. The summed E-state index contributed by atoms with van der Waals surface area (Å²) in [6.45, 7) is 5.19. The van der Waals surface area contributed by atoms with Crippen LogP contribution in [0.15, 0.2) is 12.4 Å². The van der Waals surface area contributed by atoms with Crippen molar-refractivity contribution in [3.05, 3.63) is 12.4 Å². The van der Waals surface area contributed by atoms with Crippen LogP contribution in [0, 0.1) is 0 Å². The van der Waals surface area contributed by atoms with E-state index in [1.54, 1.807) is 0 Å². The Hall–Kier alpha value is -1.29. The van der Waals surface area contributed by atoms with E-state index in [1.165, 1.54) is 12.8 Å². The third kappa shape index (κ3) is 2.88. The lowest BCUT2D eigenvalue weighted by Crippen LogP contribution is -2.41. The van der Waals surface area contributed by atoms with Crippen LogP contribution in [0.3, 0.4) is 0 Å². The Bertz CT molecular complexity index is 451. The van der Waals surface area contributed by atoms with E-state index in [4.69, 9.17) is 15.0 Å². The largest absolute Gasteiger partial charge is 0.565 e. The fourth-order valence-corrected chi connectivity index (χ4v) is 4.14. The smallest absolute Gasteiger partial charge is 0.363 e. The maximum absolute atomic E-state index is 12.0. The molecule has 2 rings (SSSR count). The van der Waals surface area contributed by atoms with Gasteiger partial charge in [0.05, 0.1) is 6.54 Å². The van der Waals surface area contributed by atoms with Crippen molar-refractivity contribution in [3.63, 3.8) is 0 Å². The summed E-state index contributed by atoms with van der Waals surface area (Å²) in [6, 6.07) is 0. The van der Waals surface area contributed by atoms with Gasteiger partial charge in [-0.15, -0.1) is 0 Å². The van der Waals surface area contributed by atoms with Gasteiger partial charge in [-0.25, -0.2) is 4.57 Å². The van der Waals surface area contributed by atoms with Crippen LogP contribution in [0.1, 0.15) is 26.7 Å². The number of imidazole rings is 1. The van der Waals surface area contributed by atoms with Crippen LogP contribution in [0.4, 0.5) is 4.79 Å². The molecule has 0 spiro atoms. The molecule has 7 heteroatoms. The fraction of sp³-hybridized carbons (Fsp3) is 0.600. The summed E-state index contributed by atoms with van der Waals surface area (Å²) in [5.74, 6) is 0. The van der Waals surface area contributed by atoms with Crippen molar-refractivity contribution in [2.45, 2.75) is 33.2 Å². The van der Waals surface area contributed by atoms with Gasteiger partial charge in [0.1, 0.15) is 12.4 Å². The van der Waals surface area contributed by atoms with E-state index in [9.17, 15) is 4.57 Å². The summed E-state index contributed by atoms with van der Waals surface area (Å²) in [5.41, 5.74) is 1.07. The molecule has 2 heterocycles.